The molecule has 4 aromatic rings. The maximum Gasteiger partial charge on any atom is 0.494 e. The van der Waals surface area contributed by atoms with Gasteiger partial charge in [-0.25, -0.2) is 0 Å². The normalized spacial score (nSPS) is 21.2. The van der Waals surface area contributed by atoms with E-state index in [2.05, 4.69) is 61.9 Å². The van der Waals surface area contributed by atoms with E-state index in [0.717, 1.165) is 44.4 Å². The zero-order chi connectivity index (χ0) is 39.9. The molecule has 0 aliphatic carbocycles. The molecule has 3 aliphatic heterocycles. The molecular formula is C42H56B3ClN2O6. The van der Waals surface area contributed by atoms with E-state index in [1.165, 1.54) is 0 Å². The Balaban J connectivity index is 0.000000160. The second-order valence-corrected chi connectivity index (χ2v) is 17.7. The maximum atomic E-state index is 6.08. The molecule has 7 rings (SSSR count). The van der Waals surface area contributed by atoms with Gasteiger partial charge in [-0.15, -0.1) is 0 Å². The molecule has 2 aromatic heterocycles. The van der Waals surface area contributed by atoms with Crippen LogP contribution >= 0.6 is 11.6 Å². The molecule has 0 spiro atoms. The lowest BCUT2D eigenvalue weighted by molar-refractivity contribution is 0.00578. The number of aryl methyl sites for hydroxylation is 2. The summed E-state index contributed by atoms with van der Waals surface area (Å²) in [5.41, 5.74) is 5.19. The van der Waals surface area contributed by atoms with Crippen LogP contribution in [0.4, 0.5) is 0 Å². The number of pyridine rings is 2. The van der Waals surface area contributed by atoms with Gasteiger partial charge in [-0.2, -0.15) is 0 Å². The van der Waals surface area contributed by atoms with E-state index in [1.807, 2.05) is 130 Å². The highest BCUT2D eigenvalue weighted by atomic mass is 35.5. The summed E-state index contributed by atoms with van der Waals surface area (Å²) in [5, 5.41) is 0.751. The Labute approximate surface area is 329 Å². The van der Waals surface area contributed by atoms with Crippen LogP contribution < -0.4 is 5.46 Å². The first-order valence-corrected chi connectivity index (χ1v) is 19.1. The highest BCUT2D eigenvalue weighted by molar-refractivity contribution is 7.11. The third-order valence-electron chi connectivity index (χ3n) is 11.4. The topological polar surface area (TPSA) is 81.2 Å². The van der Waals surface area contributed by atoms with E-state index in [-0.39, 0.29) is 40.7 Å². The van der Waals surface area contributed by atoms with E-state index in [4.69, 9.17) is 39.5 Å². The van der Waals surface area contributed by atoms with Crippen molar-refractivity contribution >= 4 is 38.2 Å². The first-order chi connectivity index (χ1) is 24.9. The van der Waals surface area contributed by atoms with Crippen molar-refractivity contribution in [3.63, 3.8) is 0 Å². The fraction of sp³-hybridized carbons (Fsp3) is 0.476. The Bertz CT molecular complexity index is 1820. The lowest BCUT2D eigenvalue weighted by Crippen LogP contribution is -2.41. The van der Waals surface area contributed by atoms with Gasteiger partial charge in [-0.3, -0.25) is 9.97 Å². The van der Waals surface area contributed by atoms with E-state index in [1.54, 1.807) is 0 Å². The number of hydrogen-bond donors (Lipinski definition) is 0. The lowest BCUT2D eigenvalue weighted by atomic mass is 9.49. The zero-order valence-corrected chi connectivity index (χ0v) is 35.3. The molecule has 2 aromatic carbocycles. The van der Waals surface area contributed by atoms with Gasteiger partial charge in [0.1, 0.15) is 0 Å². The van der Waals surface area contributed by atoms with E-state index in [9.17, 15) is 0 Å². The van der Waals surface area contributed by atoms with Gasteiger partial charge < -0.3 is 27.9 Å². The molecule has 0 bridgehead atoms. The van der Waals surface area contributed by atoms with Crippen LogP contribution in [-0.4, -0.2) is 64.7 Å². The van der Waals surface area contributed by atoms with E-state index >= 15 is 0 Å². The third-order valence-corrected chi connectivity index (χ3v) is 11.7. The SMILES string of the molecule is CC1(C)OB(B2OC(C)(C)C(C)(C)O2)OC1(C)C.Cc1cccc(-c2ccc(B3OC(C)(C)C(C)(C)O3)cc2)n1.Cc1cccc(-c2ccc(Cl)cc2)n1. The molecule has 3 fully saturated rings. The molecule has 5 heterocycles. The Morgan fingerprint density at radius 3 is 1.07 bits per heavy atom. The predicted molar refractivity (Wildman–Crippen MR) is 222 cm³/mol. The second kappa shape index (κ2) is 15.5. The molecule has 54 heavy (non-hydrogen) atoms. The van der Waals surface area contributed by atoms with Gasteiger partial charge in [-0.05, 0) is 139 Å². The summed E-state index contributed by atoms with van der Waals surface area (Å²) in [4.78, 5) is 8.98. The molecule has 8 nitrogen and oxygen atoms in total. The van der Waals surface area contributed by atoms with Crippen molar-refractivity contribution in [2.24, 2.45) is 0 Å². The van der Waals surface area contributed by atoms with Gasteiger partial charge in [0, 0.05) is 27.5 Å². The molecule has 3 aliphatic rings. The molecule has 3 saturated heterocycles. The maximum absolute atomic E-state index is 6.08. The number of rotatable bonds is 4. The van der Waals surface area contributed by atoms with Crippen LogP contribution in [0.15, 0.2) is 84.9 Å². The first-order valence-electron chi connectivity index (χ1n) is 18.7. The van der Waals surface area contributed by atoms with Gasteiger partial charge in [0.15, 0.2) is 0 Å². The quantitative estimate of drug-likeness (QED) is 0.191. The lowest BCUT2D eigenvalue weighted by Gasteiger charge is -2.32. The summed E-state index contributed by atoms with van der Waals surface area (Å²) >= 11 is 5.81. The Morgan fingerprint density at radius 2 is 0.741 bits per heavy atom. The summed E-state index contributed by atoms with van der Waals surface area (Å²) in [5.74, 6) is 0. The summed E-state index contributed by atoms with van der Waals surface area (Å²) < 4.78 is 36.0. The average molecular weight is 753 g/mol. The minimum Gasteiger partial charge on any atom is -0.405 e. The fourth-order valence-corrected chi connectivity index (χ4v) is 5.94. The van der Waals surface area contributed by atoms with Crippen molar-refractivity contribution in [3.05, 3.63) is 101 Å². The number of aromatic nitrogens is 2. The van der Waals surface area contributed by atoms with E-state index in [0.29, 0.717) is 0 Å². The minimum atomic E-state index is -0.476. The first kappa shape index (κ1) is 42.1. The molecule has 0 radical (unpaired) electrons. The fourth-order valence-electron chi connectivity index (χ4n) is 5.82. The van der Waals surface area contributed by atoms with Crippen molar-refractivity contribution in [1.29, 1.82) is 0 Å². The van der Waals surface area contributed by atoms with Crippen LogP contribution in [0.25, 0.3) is 22.5 Å². The Morgan fingerprint density at radius 1 is 0.426 bits per heavy atom. The molecule has 0 N–H and O–H groups in total. The Hall–Kier alpha value is -3.02. The summed E-state index contributed by atoms with van der Waals surface area (Å²) in [6.07, 6.45) is 0. The van der Waals surface area contributed by atoms with Crippen molar-refractivity contribution in [3.8, 4) is 22.5 Å². The van der Waals surface area contributed by atoms with Crippen molar-refractivity contribution in [2.45, 2.75) is 131 Å². The predicted octanol–water partition coefficient (Wildman–Crippen LogP) is 9.32. The Kier molecular flexibility index (Phi) is 12.1. The van der Waals surface area contributed by atoms with Crippen molar-refractivity contribution in [2.75, 3.05) is 0 Å². The largest absolute Gasteiger partial charge is 0.494 e. The second-order valence-electron chi connectivity index (χ2n) is 17.3. The smallest absolute Gasteiger partial charge is 0.405 e. The highest BCUT2D eigenvalue weighted by Gasteiger charge is 2.63. The summed E-state index contributed by atoms with van der Waals surface area (Å²) in [7, 11) is -1.27. The van der Waals surface area contributed by atoms with Gasteiger partial charge in [-0.1, -0.05) is 60.1 Å². The summed E-state index contributed by atoms with van der Waals surface area (Å²) in [6, 6.07) is 28.0. The highest BCUT2D eigenvalue weighted by Crippen LogP contribution is 2.43. The standard InChI is InChI=1S/C18H22BNO2.C12H24B2O4.C12H10ClN/c1-13-7-6-8-16(20-13)14-9-11-15(12-10-14)19-21-17(2,3)18(4,5)22-19;1-9(2)10(3,4)16-13(15-9)14-17-11(5,6)12(7,8)18-14;1-9-3-2-4-12(14-9)10-5-7-11(13)8-6-10/h6-12H,1-5H3;1-8H3;2-8H,1H3. The van der Waals surface area contributed by atoms with Gasteiger partial charge in [0.2, 0.25) is 0 Å². The molecule has 12 heteroatoms. The molecule has 0 unspecified atom stereocenters. The zero-order valence-electron chi connectivity index (χ0n) is 34.5. The van der Waals surface area contributed by atoms with Crippen LogP contribution in [-0.2, 0) is 27.9 Å². The van der Waals surface area contributed by atoms with Gasteiger partial charge in [0.05, 0.1) is 45.0 Å². The van der Waals surface area contributed by atoms with Crippen LogP contribution in [0.1, 0.15) is 94.5 Å². The van der Waals surface area contributed by atoms with Crippen molar-refractivity contribution in [1.82, 2.24) is 9.97 Å². The summed E-state index contributed by atoms with van der Waals surface area (Å²) in [6.45, 7) is 28.5. The number of halogens is 1. The van der Waals surface area contributed by atoms with Gasteiger partial charge >= 0.3 is 21.1 Å². The number of benzene rings is 2. The van der Waals surface area contributed by atoms with Crippen LogP contribution in [0.3, 0.4) is 0 Å². The third kappa shape index (κ3) is 9.32. The van der Waals surface area contributed by atoms with E-state index < -0.39 is 14.0 Å². The van der Waals surface area contributed by atoms with Crippen LogP contribution in [0.2, 0.25) is 5.02 Å². The van der Waals surface area contributed by atoms with Crippen molar-refractivity contribution < 1.29 is 27.9 Å². The minimum absolute atomic E-state index is 0.311. The average Bonchev–Trinajstić information content (AvgIpc) is 3.55. The van der Waals surface area contributed by atoms with Crippen LogP contribution in [0, 0.1) is 13.8 Å². The molecular weight excluding hydrogens is 696 g/mol. The van der Waals surface area contributed by atoms with Crippen LogP contribution in [0.5, 0.6) is 0 Å². The number of nitrogens with zero attached hydrogens (tertiary/aromatic N) is 2. The number of hydrogen-bond acceptors (Lipinski definition) is 8. The monoisotopic (exact) mass is 752 g/mol. The molecule has 286 valence electrons. The molecule has 0 saturated carbocycles. The molecule has 0 atom stereocenters. The van der Waals surface area contributed by atoms with Gasteiger partial charge in [0.25, 0.3) is 0 Å². The molecule has 0 amide bonds.